The van der Waals surface area contributed by atoms with Crippen LogP contribution in [0.25, 0.3) is 11.0 Å². The molecule has 1 atom stereocenters. The van der Waals surface area contributed by atoms with Crippen molar-refractivity contribution in [3.63, 3.8) is 0 Å². The highest BCUT2D eigenvalue weighted by Crippen LogP contribution is 2.36. The Kier molecular flexibility index (Phi) is 5.81. The van der Waals surface area contributed by atoms with Crippen molar-refractivity contribution < 1.29 is 8.42 Å². The molecule has 1 aliphatic carbocycles. The summed E-state index contributed by atoms with van der Waals surface area (Å²) in [5.74, 6) is 0.606. The number of nitrogens with one attached hydrogen (secondary N) is 3. The lowest BCUT2D eigenvalue weighted by molar-refractivity contribution is 0.494. The number of anilines is 4. The molecule has 3 N–H and O–H groups in total. The third-order valence-electron chi connectivity index (χ3n) is 6.55. The molecule has 172 valence electrons. The number of H-pyrrole nitrogens is 1. The maximum absolute atomic E-state index is 12.9. The molecule has 10 heteroatoms. The average molecular weight is 466 g/mol. The van der Waals surface area contributed by atoms with Gasteiger partial charge in [-0.25, -0.2) is 18.4 Å². The minimum Gasteiger partial charge on any atom is -0.369 e. The van der Waals surface area contributed by atoms with E-state index in [-0.39, 0.29) is 11.2 Å². The lowest BCUT2D eigenvalue weighted by atomic mass is 9.99. The maximum Gasteiger partial charge on any atom is 0.235 e. The van der Waals surface area contributed by atoms with E-state index in [9.17, 15) is 13.7 Å². The molecule has 1 aromatic carbocycles. The maximum atomic E-state index is 12.9. The summed E-state index contributed by atoms with van der Waals surface area (Å²) in [6.07, 6.45) is 8.43. The zero-order chi connectivity index (χ0) is 22.8. The summed E-state index contributed by atoms with van der Waals surface area (Å²) in [5.41, 5.74) is 2.89. The quantitative estimate of drug-likeness (QED) is 0.499. The summed E-state index contributed by atoms with van der Waals surface area (Å²) < 4.78 is 28.5. The van der Waals surface area contributed by atoms with Gasteiger partial charge >= 0.3 is 0 Å². The number of aromatic nitrogens is 3. The predicted molar refractivity (Wildman–Crippen MR) is 129 cm³/mol. The van der Waals surface area contributed by atoms with E-state index in [2.05, 4.69) is 36.0 Å². The van der Waals surface area contributed by atoms with Gasteiger partial charge in [0.05, 0.1) is 39.7 Å². The summed E-state index contributed by atoms with van der Waals surface area (Å²) in [5, 5.41) is 13.3. The van der Waals surface area contributed by atoms with Gasteiger partial charge < -0.3 is 15.2 Å². The van der Waals surface area contributed by atoms with E-state index in [0.29, 0.717) is 30.9 Å². The zero-order valence-corrected chi connectivity index (χ0v) is 19.1. The van der Waals surface area contributed by atoms with Crippen LogP contribution in [0.1, 0.15) is 38.5 Å². The van der Waals surface area contributed by atoms with Crippen molar-refractivity contribution in [2.75, 3.05) is 28.0 Å². The van der Waals surface area contributed by atoms with Gasteiger partial charge in [0.2, 0.25) is 10.0 Å². The van der Waals surface area contributed by atoms with E-state index in [1.807, 2.05) is 18.2 Å². The first-order valence-corrected chi connectivity index (χ1v) is 12.9. The third kappa shape index (κ3) is 4.46. The fourth-order valence-corrected chi connectivity index (χ4v) is 6.40. The van der Waals surface area contributed by atoms with E-state index < -0.39 is 10.0 Å². The number of nitrogens with zero attached hydrogens (tertiary/aromatic N) is 4. The van der Waals surface area contributed by atoms with Crippen LogP contribution in [0.3, 0.4) is 0 Å². The van der Waals surface area contributed by atoms with Gasteiger partial charge in [-0.2, -0.15) is 5.26 Å². The van der Waals surface area contributed by atoms with Gasteiger partial charge in [-0.3, -0.25) is 4.72 Å². The second-order valence-electron chi connectivity index (χ2n) is 8.79. The molecule has 1 unspecified atom stereocenters. The zero-order valence-electron chi connectivity index (χ0n) is 18.3. The second-order valence-corrected chi connectivity index (χ2v) is 10.7. The van der Waals surface area contributed by atoms with Gasteiger partial charge in [-0.15, -0.1) is 0 Å². The van der Waals surface area contributed by atoms with Crippen LogP contribution >= 0.6 is 0 Å². The molecule has 1 saturated carbocycles. The van der Waals surface area contributed by atoms with Crippen LogP contribution in [0.15, 0.2) is 36.8 Å². The molecule has 33 heavy (non-hydrogen) atoms. The number of piperidine rings is 1. The molecular formula is C23H27N7O2S. The summed E-state index contributed by atoms with van der Waals surface area (Å²) in [6, 6.07) is 9.83. The van der Waals surface area contributed by atoms with E-state index in [4.69, 9.17) is 0 Å². The van der Waals surface area contributed by atoms with Gasteiger partial charge in [-0.05, 0) is 49.9 Å². The predicted octanol–water partition coefficient (Wildman–Crippen LogP) is 4.13. The molecule has 1 saturated heterocycles. The highest BCUT2D eigenvalue weighted by Gasteiger charge is 2.29. The smallest absolute Gasteiger partial charge is 0.235 e. The molecule has 3 heterocycles. The van der Waals surface area contributed by atoms with Gasteiger partial charge in [0.1, 0.15) is 17.8 Å². The van der Waals surface area contributed by atoms with Gasteiger partial charge in [0.25, 0.3) is 0 Å². The Morgan fingerprint density at radius 3 is 2.79 bits per heavy atom. The van der Waals surface area contributed by atoms with Crippen LogP contribution in [0.4, 0.5) is 22.9 Å². The van der Waals surface area contributed by atoms with Crippen molar-refractivity contribution in [2.24, 2.45) is 5.92 Å². The minimum absolute atomic E-state index is 0.0254. The highest BCUT2D eigenvalue weighted by molar-refractivity contribution is 7.93. The van der Waals surface area contributed by atoms with Crippen LogP contribution in [-0.4, -0.2) is 41.7 Å². The van der Waals surface area contributed by atoms with E-state index >= 15 is 0 Å². The first-order chi connectivity index (χ1) is 16.0. The average Bonchev–Trinajstić information content (AvgIpc) is 3.52. The Balaban J connectivity index is 1.50. The first-order valence-electron chi connectivity index (χ1n) is 11.4. The number of hydrogen-bond acceptors (Lipinski definition) is 7. The number of aromatic amines is 1. The van der Waals surface area contributed by atoms with E-state index in [1.54, 1.807) is 12.3 Å². The molecule has 5 rings (SSSR count). The molecule has 3 aromatic rings. The van der Waals surface area contributed by atoms with Crippen molar-refractivity contribution in [2.45, 2.75) is 43.8 Å². The minimum atomic E-state index is -3.44. The highest BCUT2D eigenvalue weighted by atomic mass is 32.2. The Hall–Kier alpha value is -3.32. The fraction of sp³-hybridized carbons (Fsp3) is 0.435. The van der Waals surface area contributed by atoms with Crippen molar-refractivity contribution in [1.82, 2.24) is 15.0 Å². The summed E-state index contributed by atoms with van der Waals surface area (Å²) in [6.45, 7) is 1.48. The van der Waals surface area contributed by atoms with E-state index in [0.717, 1.165) is 54.6 Å². The molecule has 2 fully saturated rings. The number of nitriles is 1. The molecular weight excluding hydrogens is 438 g/mol. The number of fused-ring (bicyclic) bond motifs is 1. The standard InChI is InChI=1S/C23H27N7O2S/c24-13-16-4-3-11-30(14-16)21-8-7-17(29-33(31,32)18-5-1-2-6-18)12-20(21)28-23-19-9-10-25-22(19)26-15-27-23/h7-10,12,15-16,18,29H,1-6,11,14H2,(H2,25,26,27,28). The van der Waals surface area contributed by atoms with Crippen LogP contribution in [0.5, 0.6) is 0 Å². The normalized spacial score (nSPS) is 19.5. The fourth-order valence-electron chi connectivity index (χ4n) is 4.82. The largest absolute Gasteiger partial charge is 0.369 e. The number of rotatable bonds is 6. The molecule has 2 aliphatic rings. The summed E-state index contributed by atoms with van der Waals surface area (Å²) in [7, 11) is -3.44. The van der Waals surface area contributed by atoms with Crippen LogP contribution < -0.4 is 14.9 Å². The van der Waals surface area contributed by atoms with Crippen LogP contribution in [-0.2, 0) is 10.0 Å². The molecule has 0 spiro atoms. The van der Waals surface area contributed by atoms with Crippen LogP contribution in [0.2, 0.25) is 0 Å². The molecule has 9 nitrogen and oxygen atoms in total. The Morgan fingerprint density at radius 2 is 1.97 bits per heavy atom. The monoisotopic (exact) mass is 465 g/mol. The first kappa shape index (κ1) is 21.5. The molecule has 0 radical (unpaired) electrons. The summed E-state index contributed by atoms with van der Waals surface area (Å²) >= 11 is 0. The molecule has 1 aliphatic heterocycles. The number of hydrogen-bond donors (Lipinski definition) is 3. The Labute approximate surface area is 193 Å². The van der Waals surface area contributed by atoms with Crippen molar-refractivity contribution >= 4 is 43.9 Å². The lowest BCUT2D eigenvalue weighted by Crippen LogP contribution is -2.35. The van der Waals surface area contributed by atoms with Crippen molar-refractivity contribution in [3.8, 4) is 6.07 Å². The lowest BCUT2D eigenvalue weighted by Gasteiger charge is -2.33. The number of sulfonamides is 1. The Bertz CT molecular complexity index is 1290. The second kappa shape index (κ2) is 8.90. The van der Waals surface area contributed by atoms with Crippen molar-refractivity contribution in [3.05, 3.63) is 36.8 Å². The van der Waals surface area contributed by atoms with Gasteiger partial charge in [0, 0.05) is 19.3 Å². The molecule has 2 aromatic heterocycles. The van der Waals surface area contributed by atoms with Crippen LogP contribution in [0, 0.1) is 17.2 Å². The van der Waals surface area contributed by atoms with Gasteiger partial charge in [-0.1, -0.05) is 12.8 Å². The molecule has 0 amide bonds. The Morgan fingerprint density at radius 1 is 1.12 bits per heavy atom. The SMILES string of the molecule is N#CC1CCCN(c2ccc(NS(=O)(=O)C3CCCC3)cc2Nc2ncnc3[nH]ccc23)C1. The van der Waals surface area contributed by atoms with Crippen molar-refractivity contribution in [1.29, 1.82) is 5.26 Å². The van der Waals surface area contributed by atoms with E-state index in [1.165, 1.54) is 6.33 Å². The number of benzene rings is 1. The molecule has 0 bridgehead atoms. The topological polar surface area (TPSA) is 127 Å². The van der Waals surface area contributed by atoms with Gasteiger partial charge in [0.15, 0.2) is 0 Å². The third-order valence-corrected chi connectivity index (χ3v) is 8.42. The summed E-state index contributed by atoms with van der Waals surface area (Å²) in [4.78, 5) is 13.9.